The van der Waals surface area contributed by atoms with Crippen LogP contribution in [0.5, 0.6) is 5.75 Å². The maximum Gasteiger partial charge on any atom is 0.219 e. The molecule has 0 atom stereocenters. The van der Waals surface area contributed by atoms with Crippen LogP contribution in [-0.2, 0) is 11.2 Å². The minimum Gasteiger partial charge on any atom is -0.494 e. The number of hydrogen-bond donors (Lipinski definition) is 1. The Hall–Kier alpha value is -1.58. The number of nitrogens with one attached hydrogen (secondary N) is 1. The molecule has 0 spiro atoms. The highest BCUT2D eigenvalue weighted by atomic mass is 19.1. The van der Waals surface area contributed by atoms with E-state index in [4.69, 9.17) is 4.74 Å². The molecule has 0 aromatic heterocycles. The van der Waals surface area contributed by atoms with Crippen LogP contribution >= 0.6 is 0 Å². The quantitative estimate of drug-likeness (QED) is 0.827. The van der Waals surface area contributed by atoms with Gasteiger partial charge in [-0.2, -0.15) is 0 Å². The smallest absolute Gasteiger partial charge is 0.219 e. The minimum absolute atomic E-state index is 0.0430. The molecule has 0 radical (unpaired) electrons. The number of carbonyl (C=O) groups is 1. The van der Waals surface area contributed by atoms with E-state index in [1.165, 1.54) is 13.2 Å². The van der Waals surface area contributed by atoms with Crippen LogP contribution in [0.25, 0.3) is 0 Å². The fraction of sp³-hybridized carbons (Fsp3) is 0.462. The highest BCUT2D eigenvalue weighted by Crippen LogP contribution is 2.17. The summed E-state index contributed by atoms with van der Waals surface area (Å²) in [5.41, 5.74) is 0.847. The number of ether oxygens (including phenoxy) is 1. The van der Waals surface area contributed by atoms with E-state index in [1.807, 2.05) is 6.92 Å². The van der Waals surface area contributed by atoms with Gasteiger partial charge >= 0.3 is 0 Å². The molecule has 1 amide bonds. The normalized spacial score (nSPS) is 10.1. The fourth-order valence-corrected chi connectivity index (χ4v) is 1.53. The van der Waals surface area contributed by atoms with Gasteiger partial charge in [0.15, 0.2) is 11.6 Å². The van der Waals surface area contributed by atoms with Crippen molar-refractivity contribution < 1.29 is 13.9 Å². The van der Waals surface area contributed by atoms with Crippen LogP contribution in [-0.4, -0.2) is 19.6 Å². The van der Waals surface area contributed by atoms with Crippen LogP contribution in [0.1, 0.15) is 25.3 Å². The lowest BCUT2D eigenvalue weighted by atomic mass is 10.1. The lowest BCUT2D eigenvalue weighted by Gasteiger charge is -2.06. The number of hydrogen-bond acceptors (Lipinski definition) is 2. The van der Waals surface area contributed by atoms with Gasteiger partial charge in [-0.3, -0.25) is 4.79 Å². The monoisotopic (exact) mass is 239 g/mol. The van der Waals surface area contributed by atoms with Crippen molar-refractivity contribution in [3.63, 3.8) is 0 Å². The number of methoxy groups -OCH3 is 1. The largest absolute Gasteiger partial charge is 0.494 e. The molecular formula is C13H18FNO2. The van der Waals surface area contributed by atoms with Crippen molar-refractivity contribution in [3.8, 4) is 5.75 Å². The number of carbonyl (C=O) groups excluding carboxylic acids is 1. The third kappa shape index (κ3) is 4.43. The Morgan fingerprint density at radius 3 is 2.82 bits per heavy atom. The summed E-state index contributed by atoms with van der Waals surface area (Å²) in [6.07, 6.45) is 2.00. The summed E-state index contributed by atoms with van der Waals surface area (Å²) in [5, 5.41) is 2.79. The maximum absolute atomic E-state index is 13.3. The molecule has 1 aromatic carbocycles. The third-order valence-electron chi connectivity index (χ3n) is 2.43. The van der Waals surface area contributed by atoms with E-state index in [1.54, 1.807) is 12.1 Å². The average molecular weight is 239 g/mol. The third-order valence-corrected chi connectivity index (χ3v) is 2.43. The van der Waals surface area contributed by atoms with Gasteiger partial charge in [0.1, 0.15) is 0 Å². The Morgan fingerprint density at radius 1 is 1.47 bits per heavy atom. The van der Waals surface area contributed by atoms with Crippen molar-refractivity contribution in [2.75, 3.05) is 13.7 Å². The van der Waals surface area contributed by atoms with Crippen molar-refractivity contribution in [2.24, 2.45) is 0 Å². The summed E-state index contributed by atoms with van der Waals surface area (Å²) in [4.78, 5) is 11.2. The van der Waals surface area contributed by atoms with Gasteiger partial charge in [0, 0.05) is 13.0 Å². The zero-order valence-electron chi connectivity index (χ0n) is 10.3. The molecule has 4 heteroatoms. The number of halogens is 1. The molecule has 0 fully saturated rings. The average Bonchev–Trinajstić information content (AvgIpc) is 2.29. The molecule has 0 heterocycles. The van der Waals surface area contributed by atoms with Crippen LogP contribution in [0.4, 0.5) is 4.39 Å². The zero-order valence-corrected chi connectivity index (χ0v) is 10.3. The predicted molar refractivity (Wildman–Crippen MR) is 64.6 cm³/mol. The van der Waals surface area contributed by atoms with Gasteiger partial charge in [0.25, 0.3) is 0 Å². The standard InChI is InChI=1S/C13H18FNO2/c1-3-4-13(16)15-8-7-10-5-6-12(17-2)11(14)9-10/h5-6,9H,3-4,7-8H2,1-2H3,(H,15,16). The number of benzene rings is 1. The van der Waals surface area contributed by atoms with Crippen LogP contribution in [0, 0.1) is 5.82 Å². The van der Waals surface area contributed by atoms with Crippen molar-refractivity contribution >= 4 is 5.91 Å². The molecule has 1 aromatic rings. The second kappa shape index (κ2) is 6.89. The van der Waals surface area contributed by atoms with Crippen molar-refractivity contribution in [1.29, 1.82) is 0 Å². The Kier molecular flexibility index (Phi) is 5.46. The van der Waals surface area contributed by atoms with Gasteiger partial charge in [0.05, 0.1) is 7.11 Å². The Bertz CT molecular complexity index is 380. The molecule has 0 aliphatic heterocycles. The molecule has 3 nitrogen and oxygen atoms in total. The van der Waals surface area contributed by atoms with Crippen LogP contribution in [0.15, 0.2) is 18.2 Å². The molecule has 0 aliphatic rings. The van der Waals surface area contributed by atoms with Crippen LogP contribution in [0.2, 0.25) is 0 Å². The maximum atomic E-state index is 13.3. The van der Waals surface area contributed by atoms with E-state index >= 15 is 0 Å². The molecule has 0 aliphatic carbocycles. The fourth-order valence-electron chi connectivity index (χ4n) is 1.53. The molecule has 1 N–H and O–H groups in total. The lowest BCUT2D eigenvalue weighted by Crippen LogP contribution is -2.25. The molecule has 0 unspecified atom stereocenters. The lowest BCUT2D eigenvalue weighted by molar-refractivity contribution is -0.121. The first-order valence-corrected chi connectivity index (χ1v) is 5.76. The first-order valence-electron chi connectivity index (χ1n) is 5.76. The molecule has 1 rings (SSSR count). The summed E-state index contributed by atoms with van der Waals surface area (Å²) in [7, 11) is 1.43. The highest BCUT2D eigenvalue weighted by Gasteiger charge is 2.04. The van der Waals surface area contributed by atoms with Gasteiger partial charge in [0.2, 0.25) is 5.91 Å². The molecule has 0 saturated heterocycles. The van der Waals surface area contributed by atoms with Gasteiger partial charge in [-0.1, -0.05) is 13.0 Å². The predicted octanol–water partition coefficient (Wildman–Crippen LogP) is 2.29. The van der Waals surface area contributed by atoms with Crippen LogP contribution in [0.3, 0.4) is 0 Å². The number of amides is 1. The summed E-state index contributed by atoms with van der Waals surface area (Å²) < 4.78 is 18.2. The molecule has 0 saturated carbocycles. The van der Waals surface area contributed by atoms with E-state index in [9.17, 15) is 9.18 Å². The van der Waals surface area contributed by atoms with Crippen molar-refractivity contribution in [3.05, 3.63) is 29.6 Å². The Labute approximate surface area is 101 Å². The van der Waals surface area contributed by atoms with E-state index in [2.05, 4.69) is 5.32 Å². The second-order valence-corrected chi connectivity index (χ2v) is 3.82. The highest BCUT2D eigenvalue weighted by molar-refractivity contribution is 5.75. The first kappa shape index (κ1) is 13.5. The van der Waals surface area contributed by atoms with Crippen molar-refractivity contribution in [2.45, 2.75) is 26.2 Å². The SMILES string of the molecule is CCCC(=O)NCCc1ccc(OC)c(F)c1. The topological polar surface area (TPSA) is 38.3 Å². The second-order valence-electron chi connectivity index (χ2n) is 3.82. The molecule has 94 valence electrons. The van der Waals surface area contributed by atoms with Gasteiger partial charge < -0.3 is 10.1 Å². The van der Waals surface area contributed by atoms with Crippen LogP contribution < -0.4 is 10.1 Å². The molecular weight excluding hydrogens is 221 g/mol. The summed E-state index contributed by atoms with van der Waals surface area (Å²) in [5.74, 6) is -0.0878. The Balaban J connectivity index is 2.42. The van der Waals surface area contributed by atoms with Gasteiger partial charge in [-0.15, -0.1) is 0 Å². The van der Waals surface area contributed by atoms with E-state index in [0.29, 0.717) is 19.4 Å². The van der Waals surface area contributed by atoms with E-state index in [0.717, 1.165) is 12.0 Å². The first-order chi connectivity index (χ1) is 8.17. The summed E-state index contributed by atoms with van der Waals surface area (Å²) >= 11 is 0. The van der Waals surface area contributed by atoms with Crippen molar-refractivity contribution in [1.82, 2.24) is 5.32 Å². The molecule has 0 bridgehead atoms. The van der Waals surface area contributed by atoms with Gasteiger partial charge in [-0.05, 0) is 30.5 Å². The minimum atomic E-state index is -0.370. The van der Waals surface area contributed by atoms with Gasteiger partial charge in [-0.25, -0.2) is 4.39 Å². The summed E-state index contributed by atoms with van der Waals surface area (Å²) in [6, 6.07) is 4.83. The van der Waals surface area contributed by atoms with E-state index in [-0.39, 0.29) is 17.5 Å². The summed E-state index contributed by atoms with van der Waals surface area (Å²) in [6.45, 7) is 2.49. The molecule has 17 heavy (non-hydrogen) atoms. The van der Waals surface area contributed by atoms with E-state index < -0.39 is 0 Å². The zero-order chi connectivity index (χ0) is 12.7. The Morgan fingerprint density at radius 2 is 2.24 bits per heavy atom. The number of rotatable bonds is 6.